The van der Waals surface area contributed by atoms with Gasteiger partial charge in [0.05, 0.1) is 19.8 Å². The van der Waals surface area contributed by atoms with E-state index < -0.39 is 0 Å². The van der Waals surface area contributed by atoms with E-state index in [4.69, 9.17) is 14.2 Å². The monoisotopic (exact) mass is 313 g/mol. The first kappa shape index (κ1) is 15.2. The van der Waals surface area contributed by atoms with Crippen molar-refractivity contribution in [1.82, 2.24) is 5.32 Å². The van der Waals surface area contributed by atoms with E-state index in [1.807, 2.05) is 36.4 Å². The largest absolute Gasteiger partial charge is 0.493 e. The van der Waals surface area contributed by atoms with E-state index in [1.165, 1.54) is 0 Å². The van der Waals surface area contributed by atoms with Gasteiger partial charge in [0, 0.05) is 6.42 Å². The van der Waals surface area contributed by atoms with Crippen molar-refractivity contribution in [2.45, 2.75) is 19.1 Å². The second-order valence-electron chi connectivity index (χ2n) is 5.30. The Morgan fingerprint density at radius 2 is 1.87 bits per heavy atom. The first-order valence-electron chi connectivity index (χ1n) is 7.48. The first-order valence-corrected chi connectivity index (χ1v) is 7.48. The van der Waals surface area contributed by atoms with E-state index in [0.717, 1.165) is 12.0 Å². The van der Waals surface area contributed by atoms with Gasteiger partial charge in [-0.2, -0.15) is 0 Å². The van der Waals surface area contributed by atoms with Crippen molar-refractivity contribution >= 4 is 5.91 Å². The fourth-order valence-electron chi connectivity index (χ4n) is 2.63. The van der Waals surface area contributed by atoms with E-state index in [1.54, 1.807) is 20.3 Å². The van der Waals surface area contributed by atoms with Gasteiger partial charge in [-0.05, 0) is 36.2 Å². The number of amides is 1. The Morgan fingerprint density at radius 1 is 1.09 bits per heavy atom. The lowest BCUT2D eigenvalue weighted by Gasteiger charge is -2.26. The van der Waals surface area contributed by atoms with Crippen LogP contribution in [0.15, 0.2) is 42.5 Å². The number of carbonyl (C=O) groups is 1. The molecule has 1 aliphatic heterocycles. The fraction of sp³-hybridized carbons (Fsp3) is 0.278. The number of aryl methyl sites for hydroxylation is 1. The van der Waals surface area contributed by atoms with Crippen LogP contribution in [0, 0.1) is 0 Å². The van der Waals surface area contributed by atoms with Gasteiger partial charge in [-0.15, -0.1) is 0 Å². The van der Waals surface area contributed by atoms with E-state index in [2.05, 4.69) is 5.32 Å². The first-order chi connectivity index (χ1) is 11.2. The maximum atomic E-state index is 12.1. The molecule has 5 nitrogen and oxygen atoms in total. The van der Waals surface area contributed by atoms with Crippen molar-refractivity contribution in [3.63, 3.8) is 0 Å². The second kappa shape index (κ2) is 6.60. The van der Waals surface area contributed by atoms with Crippen LogP contribution in [-0.4, -0.2) is 26.4 Å². The zero-order valence-electron chi connectivity index (χ0n) is 13.2. The SMILES string of the molecule is COc1ccc(CCC2NC(=O)c3ccccc3O2)cc1OC. The minimum atomic E-state index is -0.328. The van der Waals surface area contributed by atoms with Gasteiger partial charge in [-0.1, -0.05) is 18.2 Å². The lowest BCUT2D eigenvalue weighted by atomic mass is 10.1. The average Bonchev–Trinajstić information content (AvgIpc) is 2.59. The zero-order chi connectivity index (χ0) is 16.2. The van der Waals surface area contributed by atoms with Crippen LogP contribution in [-0.2, 0) is 6.42 Å². The molecule has 3 rings (SSSR count). The van der Waals surface area contributed by atoms with Crippen molar-refractivity contribution in [3.8, 4) is 17.2 Å². The molecule has 1 aliphatic rings. The standard InChI is InChI=1S/C18H19NO4/c1-21-15-9-7-12(11-16(15)22-2)8-10-17-19-18(20)13-5-3-4-6-14(13)23-17/h3-7,9,11,17H,8,10H2,1-2H3,(H,19,20). The number of carbonyl (C=O) groups excluding carboxylic acids is 1. The lowest BCUT2D eigenvalue weighted by molar-refractivity contribution is 0.0741. The molecule has 0 saturated heterocycles. The summed E-state index contributed by atoms with van der Waals surface area (Å²) < 4.78 is 16.4. The molecule has 1 heterocycles. The summed E-state index contributed by atoms with van der Waals surface area (Å²) in [5.74, 6) is 1.94. The highest BCUT2D eigenvalue weighted by molar-refractivity contribution is 5.97. The normalized spacial score (nSPS) is 16.1. The molecule has 1 atom stereocenters. The maximum Gasteiger partial charge on any atom is 0.257 e. The van der Waals surface area contributed by atoms with Crippen LogP contribution in [0.5, 0.6) is 17.2 Å². The molecule has 1 N–H and O–H groups in total. The molecule has 0 radical (unpaired) electrons. The van der Waals surface area contributed by atoms with Crippen LogP contribution in [0.25, 0.3) is 0 Å². The van der Waals surface area contributed by atoms with Crippen LogP contribution in [0.1, 0.15) is 22.3 Å². The minimum absolute atomic E-state index is 0.0934. The minimum Gasteiger partial charge on any atom is -0.493 e. The third kappa shape index (κ3) is 3.23. The molecule has 2 aromatic rings. The van der Waals surface area contributed by atoms with Gasteiger partial charge < -0.3 is 19.5 Å². The Balaban J connectivity index is 1.67. The summed E-state index contributed by atoms with van der Waals surface area (Å²) in [7, 11) is 3.23. The number of para-hydroxylation sites is 1. The molecule has 1 amide bonds. The van der Waals surface area contributed by atoms with Gasteiger partial charge in [0.2, 0.25) is 0 Å². The van der Waals surface area contributed by atoms with Gasteiger partial charge in [-0.25, -0.2) is 0 Å². The molecule has 1 unspecified atom stereocenters. The summed E-state index contributed by atoms with van der Waals surface area (Å²) in [6, 6.07) is 13.1. The Morgan fingerprint density at radius 3 is 2.65 bits per heavy atom. The second-order valence-corrected chi connectivity index (χ2v) is 5.30. The van der Waals surface area contributed by atoms with E-state index in [0.29, 0.717) is 29.2 Å². The van der Waals surface area contributed by atoms with Crippen molar-refractivity contribution in [3.05, 3.63) is 53.6 Å². The van der Waals surface area contributed by atoms with Gasteiger partial charge >= 0.3 is 0 Å². The number of nitrogens with one attached hydrogen (secondary N) is 1. The summed E-state index contributed by atoms with van der Waals surface area (Å²) in [5.41, 5.74) is 1.68. The summed E-state index contributed by atoms with van der Waals surface area (Å²) in [4.78, 5) is 12.1. The molecule has 120 valence electrons. The van der Waals surface area contributed by atoms with Gasteiger partial charge in [0.15, 0.2) is 17.7 Å². The predicted octanol–water partition coefficient (Wildman–Crippen LogP) is 2.78. The fourth-order valence-corrected chi connectivity index (χ4v) is 2.63. The summed E-state index contributed by atoms with van der Waals surface area (Å²) in [5, 5.41) is 2.88. The van der Waals surface area contributed by atoms with E-state index in [9.17, 15) is 4.79 Å². The van der Waals surface area contributed by atoms with Gasteiger partial charge in [0.25, 0.3) is 5.91 Å². The number of hydrogen-bond acceptors (Lipinski definition) is 4. The third-order valence-electron chi connectivity index (χ3n) is 3.84. The van der Waals surface area contributed by atoms with Crippen LogP contribution in [0.4, 0.5) is 0 Å². The topological polar surface area (TPSA) is 56.8 Å². The smallest absolute Gasteiger partial charge is 0.257 e. The number of benzene rings is 2. The van der Waals surface area contributed by atoms with Gasteiger partial charge in [0.1, 0.15) is 5.75 Å². The number of ether oxygens (including phenoxy) is 3. The van der Waals surface area contributed by atoms with Crippen LogP contribution < -0.4 is 19.5 Å². The van der Waals surface area contributed by atoms with Crippen LogP contribution >= 0.6 is 0 Å². The van der Waals surface area contributed by atoms with E-state index >= 15 is 0 Å². The highest BCUT2D eigenvalue weighted by Crippen LogP contribution is 2.29. The number of fused-ring (bicyclic) bond motifs is 1. The summed E-state index contributed by atoms with van der Waals surface area (Å²) >= 11 is 0. The predicted molar refractivity (Wildman–Crippen MR) is 86.2 cm³/mol. The molecular weight excluding hydrogens is 294 g/mol. The molecule has 0 fully saturated rings. The number of rotatable bonds is 5. The van der Waals surface area contributed by atoms with Crippen molar-refractivity contribution in [1.29, 1.82) is 0 Å². The molecule has 0 spiro atoms. The van der Waals surface area contributed by atoms with Crippen molar-refractivity contribution < 1.29 is 19.0 Å². The average molecular weight is 313 g/mol. The molecule has 0 aliphatic carbocycles. The Labute approximate surface area is 135 Å². The lowest BCUT2D eigenvalue weighted by Crippen LogP contribution is -2.43. The summed E-state index contributed by atoms with van der Waals surface area (Å²) in [6.07, 6.45) is 1.11. The molecule has 0 saturated carbocycles. The molecule has 23 heavy (non-hydrogen) atoms. The Bertz CT molecular complexity index is 714. The Hall–Kier alpha value is -2.69. The molecule has 2 aromatic carbocycles. The zero-order valence-corrected chi connectivity index (χ0v) is 13.2. The van der Waals surface area contributed by atoms with Gasteiger partial charge in [-0.3, -0.25) is 4.79 Å². The van der Waals surface area contributed by atoms with Crippen LogP contribution in [0.3, 0.4) is 0 Å². The maximum absolute atomic E-state index is 12.1. The number of methoxy groups -OCH3 is 2. The molecule has 0 aromatic heterocycles. The molecule has 5 heteroatoms. The Kier molecular flexibility index (Phi) is 4.37. The third-order valence-corrected chi connectivity index (χ3v) is 3.84. The summed E-state index contributed by atoms with van der Waals surface area (Å²) in [6.45, 7) is 0. The van der Waals surface area contributed by atoms with E-state index in [-0.39, 0.29) is 12.1 Å². The van der Waals surface area contributed by atoms with Crippen molar-refractivity contribution in [2.75, 3.05) is 14.2 Å². The highest BCUT2D eigenvalue weighted by Gasteiger charge is 2.24. The quantitative estimate of drug-likeness (QED) is 0.922. The molecule has 0 bridgehead atoms. The number of hydrogen-bond donors (Lipinski definition) is 1. The van der Waals surface area contributed by atoms with Crippen molar-refractivity contribution in [2.24, 2.45) is 0 Å². The molecular formula is C18H19NO4. The van der Waals surface area contributed by atoms with Crippen LogP contribution in [0.2, 0.25) is 0 Å². The highest BCUT2D eigenvalue weighted by atomic mass is 16.5.